The van der Waals surface area contributed by atoms with Crippen LogP contribution < -0.4 is 20.4 Å². The van der Waals surface area contributed by atoms with Gasteiger partial charge in [-0.05, 0) is 42.7 Å². The molecule has 0 saturated carbocycles. The van der Waals surface area contributed by atoms with Crippen LogP contribution in [0.1, 0.15) is 16.7 Å². The van der Waals surface area contributed by atoms with Crippen LogP contribution in [0.5, 0.6) is 0 Å². The minimum atomic E-state index is 0.0428. The number of aryl methyl sites for hydroxylation is 2. The Morgan fingerprint density at radius 3 is 2.07 bits per heavy atom. The molecule has 30 heavy (non-hydrogen) atoms. The Balaban J connectivity index is 1.38. The number of rotatable bonds is 7. The normalized spacial score (nSPS) is 18.6. The second kappa shape index (κ2) is 10.6. The van der Waals surface area contributed by atoms with Crippen molar-refractivity contribution >= 4 is 29.1 Å². The van der Waals surface area contributed by atoms with Crippen LogP contribution in [0.4, 0.5) is 5.69 Å². The summed E-state index contributed by atoms with van der Waals surface area (Å²) in [6, 6.07) is 13.5. The molecule has 1 saturated heterocycles. The number of quaternary nitrogens is 2. The summed E-state index contributed by atoms with van der Waals surface area (Å²) in [6.45, 7) is 8.97. The van der Waals surface area contributed by atoms with E-state index in [0.29, 0.717) is 24.7 Å². The molecule has 0 aliphatic carbocycles. The van der Waals surface area contributed by atoms with Crippen LogP contribution >= 0.6 is 11.6 Å². The molecule has 0 radical (unpaired) electrons. The number of halogens is 1. The monoisotopic (exact) mass is 430 g/mol. The van der Waals surface area contributed by atoms with Gasteiger partial charge in [-0.2, -0.15) is 0 Å². The number of amides is 2. The van der Waals surface area contributed by atoms with Crippen molar-refractivity contribution in [3.8, 4) is 0 Å². The summed E-state index contributed by atoms with van der Waals surface area (Å²) in [6.07, 6.45) is 0. The Kier molecular flexibility index (Phi) is 7.85. The highest BCUT2D eigenvalue weighted by molar-refractivity contribution is 6.30. The fourth-order valence-electron chi connectivity index (χ4n) is 3.87. The number of nitrogens with one attached hydrogen (secondary N) is 4. The van der Waals surface area contributed by atoms with Crippen LogP contribution in [0.25, 0.3) is 0 Å². The molecule has 1 heterocycles. The van der Waals surface area contributed by atoms with Gasteiger partial charge in [-0.3, -0.25) is 9.59 Å². The lowest BCUT2D eigenvalue weighted by atomic mass is 10.1. The summed E-state index contributed by atoms with van der Waals surface area (Å²) in [5.41, 5.74) is 4.07. The molecule has 4 N–H and O–H groups in total. The highest BCUT2D eigenvalue weighted by atomic mass is 35.5. The van der Waals surface area contributed by atoms with Gasteiger partial charge in [0, 0.05) is 17.3 Å². The van der Waals surface area contributed by atoms with E-state index in [4.69, 9.17) is 11.6 Å². The molecule has 0 unspecified atom stereocenters. The minimum Gasteiger partial charge on any atom is -0.347 e. The summed E-state index contributed by atoms with van der Waals surface area (Å²) in [5.74, 6) is 0.0892. The largest absolute Gasteiger partial charge is 0.347 e. The van der Waals surface area contributed by atoms with Crippen LogP contribution in [-0.2, 0) is 16.1 Å². The Bertz CT molecular complexity index is 874. The number of anilines is 1. The third-order valence-electron chi connectivity index (χ3n) is 5.61. The van der Waals surface area contributed by atoms with Gasteiger partial charge < -0.3 is 20.4 Å². The zero-order valence-electron chi connectivity index (χ0n) is 17.7. The molecule has 6 nitrogen and oxygen atoms in total. The number of piperazine rings is 1. The standard InChI is InChI=1S/C23H29ClN4O2/c1-17-5-3-6-18(2)23(17)26-22(30)16-28-11-9-27(10-12-28)15-21(29)25-14-19-7-4-8-20(24)13-19/h3-8,13H,9-12,14-16H2,1-2H3,(H,25,29)(H,26,30)/p+2. The number of hydrogen-bond donors (Lipinski definition) is 4. The van der Waals surface area contributed by atoms with Crippen LogP contribution in [0.15, 0.2) is 42.5 Å². The number of hydrogen-bond acceptors (Lipinski definition) is 2. The first-order valence-corrected chi connectivity index (χ1v) is 10.8. The van der Waals surface area contributed by atoms with Gasteiger partial charge in [0.15, 0.2) is 13.1 Å². The highest BCUT2D eigenvalue weighted by Crippen LogP contribution is 2.18. The molecule has 0 spiro atoms. The topological polar surface area (TPSA) is 67.1 Å². The van der Waals surface area contributed by atoms with Crippen molar-refractivity contribution in [1.82, 2.24) is 5.32 Å². The first kappa shape index (κ1) is 22.3. The maximum absolute atomic E-state index is 12.5. The van der Waals surface area contributed by atoms with Crippen molar-refractivity contribution in [3.63, 3.8) is 0 Å². The quantitative estimate of drug-likeness (QED) is 0.499. The highest BCUT2D eigenvalue weighted by Gasteiger charge is 2.26. The first-order chi connectivity index (χ1) is 14.4. The van der Waals surface area contributed by atoms with Crippen LogP contribution in [0.3, 0.4) is 0 Å². The Morgan fingerprint density at radius 1 is 0.900 bits per heavy atom. The fraction of sp³-hybridized carbons (Fsp3) is 0.391. The third-order valence-corrected chi connectivity index (χ3v) is 5.84. The van der Waals surface area contributed by atoms with Crippen molar-refractivity contribution in [2.75, 3.05) is 44.6 Å². The van der Waals surface area contributed by atoms with Gasteiger partial charge in [0.25, 0.3) is 11.8 Å². The number of para-hydroxylation sites is 1. The lowest BCUT2D eigenvalue weighted by Gasteiger charge is -2.29. The van der Waals surface area contributed by atoms with Gasteiger partial charge in [-0.25, -0.2) is 0 Å². The molecule has 0 atom stereocenters. The van der Waals surface area contributed by atoms with E-state index in [1.807, 2.05) is 56.3 Å². The summed E-state index contributed by atoms with van der Waals surface area (Å²) in [5, 5.41) is 6.70. The number of carbonyl (C=O) groups is 2. The van der Waals surface area contributed by atoms with Gasteiger partial charge in [0.1, 0.15) is 26.2 Å². The molecule has 7 heteroatoms. The first-order valence-electron chi connectivity index (χ1n) is 10.4. The van der Waals surface area contributed by atoms with E-state index in [1.165, 1.54) is 9.80 Å². The molecule has 3 rings (SSSR count). The third kappa shape index (κ3) is 6.55. The van der Waals surface area contributed by atoms with E-state index in [2.05, 4.69) is 10.6 Å². The predicted octanol–water partition coefficient (Wildman–Crippen LogP) is -0.00486. The second-order valence-electron chi connectivity index (χ2n) is 8.08. The van der Waals surface area contributed by atoms with Crippen molar-refractivity contribution in [2.45, 2.75) is 20.4 Å². The van der Waals surface area contributed by atoms with E-state index < -0.39 is 0 Å². The van der Waals surface area contributed by atoms with E-state index in [0.717, 1.165) is 48.6 Å². The van der Waals surface area contributed by atoms with Gasteiger partial charge in [-0.1, -0.05) is 41.9 Å². The Morgan fingerprint density at radius 2 is 1.47 bits per heavy atom. The minimum absolute atomic E-state index is 0.0428. The molecule has 0 aromatic heterocycles. The number of carbonyl (C=O) groups excluding carboxylic acids is 2. The second-order valence-corrected chi connectivity index (χ2v) is 8.51. The maximum atomic E-state index is 12.5. The SMILES string of the molecule is Cc1cccc(C)c1NC(=O)C[NH+]1CC[NH+](CC(=O)NCc2cccc(Cl)c2)CC1. The lowest BCUT2D eigenvalue weighted by Crippen LogP contribution is -3.28. The molecule has 1 aliphatic rings. The van der Waals surface area contributed by atoms with E-state index >= 15 is 0 Å². The Hall–Kier alpha value is -2.41. The van der Waals surface area contributed by atoms with Crippen molar-refractivity contribution in [1.29, 1.82) is 0 Å². The molecule has 1 aliphatic heterocycles. The molecular formula is C23H31ClN4O2+2. The van der Waals surface area contributed by atoms with Gasteiger partial charge >= 0.3 is 0 Å². The number of benzene rings is 2. The van der Waals surface area contributed by atoms with Crippen LogP contribution in [-0.4, -0.2) is 51.1 Å². The van der Waals surface area contributed by atoms with Crippen LogP contribution in [0.2, 0.25) is 5.02 Å². The smallest absolute Gasteiger partial charge is 0.279 e. The van der Waals surface area contributed by atoms with Crippen molar-refractivity contribution in [3.05, 3.63) is 64.2 Å². The summed E-state index contributed by atoms with van der Waals surface area (Å²) in [4.78, 5) is 27.3. The fourth-order valence-corrected chi connectivity index (χ4v) is 4.08. The predicted molar refractivity (Wildman–Crippen MR) is 119 cm³/mol. The molecule has 2 amide bonds. The summed E-state index contributed by atoms with van der Waals surface area (Å²) < 4.78 is 0. The molecule has 1 fully saturated rings. The zero-order valence-corrected chi connectivity index (χ0v) is 18.4. The Labute approximate surface area is 183 Å². The average molecular weight is 431 g/mol. The van der Waals surface area contributed by atoms with E-state index in [9.17, 15) is 9.59 Å². The van der Waals surface area contributed by atoms with Crippen molar-refractivity contribution in [2.24, 2.45) is 0 Å². The average Bonchev–Trinajstić information content (AvgIpc) is 2.71. The van der Waals surface area contributed by atoms with Gasteiger partial charge in [-0.15, -0.1) is 0 Å². The maximum Gasteiger partial charge on any atom is 0.279 e. The van der Waals surface area contributed by atoms with E-state index in [-0.39, 0.29) is 11.8 Å². The molecule has 160 valence electrons. The van der Waals surface area contributed by atoms with Crippen molar-refractivity contribution < 1.29 is 19.4 Å². The molecule has 2 aromatic rings. The summed E-state index contributed by atoms with van der Waals surface area (Å²) >= 11 is 5.98. The van der Waals surface area contributed by atoms with Gasteiger partial charge in [0.2, 0.25) is 0 Å². The van der Waals surface area contributed by atoms with Crippen LogP contribution in [0, 0.1) is 13.8 Å². The van der Waals surface area contributed by atoms with Gasteiger partial charge in [0.05, 0.1) is 0 Å². The molecule has 0 bridgehead atoms. The van der Waals surface area contributed by atoms with E-state index in [1.54, 1.807) is 0 Å². The molecular weight excluding hydrogens is 400 g/mol. The zero-order chi connectivity index (χ0) is 21.5. The lowest BCUT2D eigenvalue weighted by molar-refractivity contribution is -1.00. The molecule has 2 aromatic carbocycles. The summed E-state index contributed by atoms with van der Waals surface area (Å²) in [7, 11) is 0.